The Bertz CT molecular complexity index is 1040. The van der Waals surface area contributed by atoms with Crippen molar-refractivity contribution >= 4 is 21.4 Å². The molecule has 0 radical (unpaired) electrons. The summed E-state index contributed by atoms with van der Waals surface area (Å²) in [5, 5.41) is 6.31. The van der Waals surface area contributed by atoms with Gasteiger partial charge >= 0.3 is 0 Å². The average Bonchev–Trinajstić information content (AvgIpc) is 3.20. The van der Waals surface area contributed by atoms with Crippen molar-refractivity contribution in [2.45, 2.75) is 10.6 Å². The smallest absolute Gasteiger partial charge is 0.264 e. The van der Waals surface area contributed by atoms with Gasteiger partial charge in [-0.15, -0.1) is 11.3 Å². The Hall–Kier alpha value is -2.40. The molecule has 3 rings (SSSR count). The number of nitrogens with zero attached hydrogens (tertiary/aromatic N) is 3. The molecule has 0 saturated carbocycles. The van der Waals surface area contributed by atoms with Crippen LogP contribution in [-0.4, -0.2) is 54.7 Å². The lowest BCUT2D eigenvalue weighted by Gasteiger charge is -2.21. The molecule has 0 amide bonds. The average molecular weight is 421 g/mol. The Morgan fingerprint density at radius 2 is 1.89 bits per heavy atom. The predicted molar refractivity (Wildman–Crippen MR) is 107 cm³/mol. The molecular formula is C18H20N4O4S2. The van der Waals surface area contributed by atoms with E-state index in [1.165, 1.54) is 10.4 Å². The minimum Gasteiger partial charge on any atom is -0.383 e. The lowest BCUT2D eigenvalue weighted by Crippen LogP contribution is -2.35. The monoisotopic (exact) mass is 420 g/mol. The van der Waals surface area contributed by atoms with Crippen LogP contribution in [0.3, 0.4) is 0 Å². The summed E-state index contributed by atoms with van der Waals surface area (Å²) in [5.74, 6) is 0. The van der Waals surface area contributed by atoms with Crippen LogP contribution in [-0.2, 0) is 21.2 Å². The van der Waals surface area contributed by atoms with Gasteiger partial charge in [0.25, 0.3) is 15.6 Å². The first-order chi connectivity index (χ1) is 13.5. The molecule has 148 valence electrons. The zero-order valence-electron chi connectivity index (χ0n) is 15.2. The van der Waals surface area contributed by atoms with Gasteiger partial charge in [0.1, 0.15) is 9.90 Å². The van der Waals surface area contributed by atoms with Gasteiger partial charge in [0.15, 0.2) is 0 Å². The number of aromatic amines is 1. The molecule has 10 heteroatoms. The minimum atomic E-state index is -3.68. The van der Waals surface area contributed by atoms with Crippen LogP contribution in [0.1, 0.15) is 5.56 Å². The summed E-state index contributed by atoms with van der Waals surface area (Å²) in [6.45, 7) is 0.892. The predicted octanol–water partition coefficient (Wildman–Crippen LogP) is 1.77. The third-order valence-electron chi connectivity index (χ3n) is 4.05. The highest BCUT2D eigenvalue weighted by Gasteiger charge is 2.26. The topological polar surface area (TPSA) is 105 Å². The highest BCUT2D eigenvalue weighted by Crippen LogP contribution is 2.30. The van der Waals surface area contributed by atoms with E-state index >= 15 is 0 Å². The second-order valence-corrected chi connectivity index (χ2v) is 9.18. The van der Waals surface area contributed by atoms with Crippen molar-refractivity contribution in [3.63, 3.8) is 0 Å². The van der Waals surface area contributed by atoms with Crippen molar-refractivity contribution in [1.82, 2.24) is 19.5 Å². The van der Waals surface area contributed by atoms with E-state index in [9.17, 15) is 13.2 Å². The molecule has 3 aromatic rings. The van der Waals surface area contributed by atoms with E-state index < -0.39 is 10.0 Å². The van der Waals surface area contributed by atoms with Gasteiger partial charge in [0.2, 0.25) is 0 Å². The van der Waals surface area contributed by atoms with Gasteiger partial charge in [-0.3, -0.25) is 9.78 Å². The van der Waals surface area contributed by atoms with Crippen molar-refractivity contribution in [3.05, 3.63) is 64.7 Å². The Balaban J connectivity index is 1.82. The molecule has 3 heterocycles. The number of H-pyrrole nitrogens is 1. The van der Waals surface area contributed by atoms with E-state index in [1.807, 2.05) is 12.1 Å². The van der Waals surface area contributed by atoms with Crippen LogP contribution in [0.5, 0.6) is 0 Å². The van der Waals surface area contributed by atoms with Gasteiger partial charge in [-0.05, 0) is 42.3 Å². The van der Waals surface area contributed by atoms with E-state index in [4.69, 9.17) is 4.74 Å². The normalized spacial score (nSPS) is 11.8. The lowest BCUT2D eigenvalue weighted by molar-refractivity contribution is 0.179. The third kappa shape index (κ3) is 4.90. The van der Waals surface area contributed by atoms with E-state index in [1.54, 1.807) is 37.7 Å². The maximum absolute atomic E-state index is 13.1. The maximum atomic E-state index is 13.1. The summed E-state index contributed by atoms with van der Waals surface area (Å²) in [5.41, 5.74) is 1.22. The molecule has 8 nitrogen and oxygen atoms in total. The Morgan fingerprint density at radius 3 is 2.57 bits per heavy atom. The SMILES string of the molecule is COCCN(CCc1ccncc1)S(=O)(=O)c1ccc(-c2ccc(=O)[nH]n2)s1. The van der Waals surface area contributed by atoms with Gasteiger partial charge < -0.3 is 4.74 Å². The standard InChI is InChI=1S/C18H20N4O4S2/c1-26-13-12-22(11-8-14-6-9-19-10-7-14)28(24,25)18-5-3-16(27-18)15-2-4-17(23)21-20-15/h2-7,9-10H,8,11-13H2,1H3,(H,21,23). The van der Waals surface area contributed by atoms with E-state index in [0.29, 0.717) is 30.1 Å². The van der Waals surface area contributed by atoms with E-state index in [0.717, 1.165) is 16.9 Å². The van der Waals surface area contributed by atoms with Crippen LogP contribution in [0.2, 0.25) is 0 Å². The number of nitrogens with one attached hydrogen (secondary N) is 1. The van der Waals surface area contributed by atoms with Crippen LogP contribution in [0, 0.1) is 0 Å². The van der Waals surface area contributed by atoms with Gasteiger partial charge in [-0.1, -0.05) is 0 Å². The fourth-order valence-corrected chi connectivity index (χ4v) is 5.41. The van der Waals surface area contributed by atoms with Crippen molar-refractivity contribution in [2.24, 2.45) is 0 Å². The van der Waals surface area contributed by atoms with Crippen LogP contribution >= 0.6 is 11.3 Å². The summed E-state index contributed by atoms with van der Waals surface area (Å²) in [7, 11) is -2.14. The fourth-order valence-electron chi connectivity index (χ4n) is 2.55. The van der Waals surface area contributed by atoms with Gasteiger partial charge in [0, 0.05) is 38.7 Å². The first-order valence-corrected chi connectivity index (χ1v) is 10.8. The molecular weight excluding hydrogens is 400 g/mol. The zero-order valence-corrected chi connectivity index (χ0v) is 16.9. The zero-order chi connectivity index (χ0) is 20.0. The van der Waals surface area contributed by atoms with Crippen molar-refractivity contribution < 1.29 is 13.2 Å². The van der Waals surface area contributed by atoms with Crippen LogP contribution in [0.15, 0.2) is 57.8 Å². The van der Waals surface area contributed by atoms with Gasteiger partial charge in [-0.2, -0.15) is 9.40 Å². The number of hydrogen-bond donors (Lipinski definition) is 1. The Labute approximate surface area is 166 Å². The number of methoxy groups -OCH3 is 1. The number of ether oxygens (including phenoxy) is 1. The quantitative estimate of drug-likeness (QED) is 0.566. The molecule has 0 saturated heterocycles. The number of sulfonamides is 1. The maximum Gasteiger partial charge on any atom is 0.264 e. The molecule has 3 aromatic heterocycles. The number of pyridine rings is 1. The van der Waals surface area contributed by atoms with E-state index in [-0.39, 0.29) is 16.3 Å². The molecule has 0 aliphatic heterocycles. The molecule has 0 spiro atoms. The molecule has 28 heavy (non-hydrogen) atoms. The first kappa shape index (κ1) is 20.3. The van der Waals surface area contributed by atoms with Crippen LogP contribution in [0.4, 0.5) is 0 Å². The number of thiophene rings is 1. The lowest BCUT2D eigenvalue weighted by atomic mass is 10.2. The minimum absolute atomic E-state index is 0.223. The van der Waals surface area contributed by atoms with Crippen LogP contribution < -0.4 is 5.56 Å². The molecule has 0 aliphatic rings. The molecule has 0 atom stereocenters. The van der Waals surface area contributed by atoms with Gasteiger partial charge in [-0.25, -0.2) is 13.5 Å². The number of hydrogen-bond acceptors (Lipinski definition) is 7. The van der Waals surface area contributed by atoms with Crippen molar-refractivity contribution in [2.75, 3.05) is 26.8 Å². The molecule has 0 fully saturated rings. The molecule has 1 N–H and O–H groups in total. The summed E-state index contributed by atoms with van der Waals surface area (Å²) < 4.78 is 33.0. The Morgan fingerprint density at radius 1 is 1.11 bits per heavy atom. The summed E-state index contributed by atoms with van der Waals surface area (Å²) in [6, 6.07) is 9.91. The Kier molecular flexibility index (Phi) is 6.68. The van der Waals surface area contributed by atoms with Gasteiger partial charge in [0.05, 0.1) is 11.5 Å². The summed E-state index contributed by atoms with van der Waals surface area (Å²) >= 11 is 1.12. The number of rotatable bonds is 9. The second-order valence-electron chi connectivity index (χ2n) is 5.93. The molecule has 0 bridgehead atoms. The number of aromatic nitrogens is 3. The van der Waals surface area contributed by atoms with E-state index in [2.05, 4.69) is 15.2 Å². The molecule has 0 aromatic carbocycles. The van der Waals surface area contributed by atoms with Crippen molar-refractivity contribution in [3.8, 4) is 10.6 Å². The van der Waals surface area contributed by atoms with Crippen LogP contribution in [0.25, 0.3) is 10.6 Å². The third-order valence-corrected chi connectivity index (χ3v) is 7.52. The summed E-state index contributed by atoms with van der Waals surface area (Å²) in [4.78, 5) is 15.8. The molecule has 0 unspecified atom stereocenters. The fraction of sp³-hybridized carbons (Fsp3) is 0.278. The highest BCUT2D eigenvalue weighted by atomic mass is 32.2. The first-order valence-electron chi connectivity index (χ1n) is 8.54. The molecule has 0 aliphatic carbocycles. The second kappa shape index (κ2) is 9.20. The highest BCUT2D eigenvalue weighted by molar-refractivity contribution is 7.91. The van der Waals surface area contributed by atoms with Crippen molar-refractivity contribution in [1.29, 1.82) is 0 Å². The summed E-state index contributed by atoms with van der Waals surface area (Å²) in [6.07, 6.45) is 3.95. The largest absolute Gasteiger partial charge is 0.383 e.